The second kappa shape index (κ2) is 11.3. The summed E-state index contributed by atoms with van der Waals surface area (Å²) in [5, 5.41) is 15.1. The number of halogens is 2. The van der Waals surface area contributed by atoms with Crippen LogP contribution in [0, 0.1) is 18.6 Å². The summed E-state index contributed by atoms with van der Waals surface area (Å²) in [5.74, 6) is -1.08. The molecule has 0 radical (unpaired) electrons. The van der Waals surface area contributed by atoms with E-state index in [0.717, 1.165) is 22.9 Å². The summed E-state index contributed by atoms with van der Waals surface area (Å²) in [6.07, 6.45) is 3.59. The Morgan fingerprint density at radius 2 is 1.87 bits per heavy atom. The van der Waals surface area contributed by atoms with Crippen LogP contribution in [-0.4, -0.2) is 69.9 Å². The Kier molecular flexibility index (Phi) is 7.71. The van der Waals surface area contributed by atoms with Gasteiger partial charge in [0.2, 0.25) is 0 Å². The Balaban J connectivity index is 1.42. The van der Waals surface area contributed by atoms with Crippen molar-refractivity contribution < 1.29 is 18.3 Å². The summed E-state index contributed by atoms with van der Waals surface area (Å²) in [4.78, 5) is 15.5. The van der Waals surface area contributed by atoms with E-state index in [0.29, 0.717) is 43.3 Å². The standard InChI is InChI=1S/C28H31F2N7O2/c1-18-26(20-14-31-35(2)15-20)34-37(23-7-5-4-6-8-23)27(18)33-28(38)32-25-17-36(9-10-39-3)16-24(25)19-11-21(29)13-22(30)12-19/h4-8,11-15,24-25H,9-10,16-17H2,1-3H3,(H2,32,33,38). The number of ether oxygens (including phenoxy) is 1. The molecule has 9 nitrogen and oxygen atoms in total. The number of nitrogens with zero attached hydrogens (tertiary/aromatic N) is 5. The molecule has 0 bridgehead atoms. The van der Waals surface area contributed by atoms with Crippen LogP contribution in [-0.2, 0) is 11.8 Å². The number of aromatic nitrogens is 4. The van der Waals surface area contributed by atoms with E-state index in [2.05, 4.69) is 20.6 Å². The van der Waals surface area contributed by atoms with Gasteiger partial charge in [-0.15, -0.1) is 0 Å². The number of anilines is 1. The molecule has 4 aromatic rings. The molecular formula is C28H31F2N7O2. The molecule has 1 fully saturated rings. The lowest BCUT2D eigenvalue weighted by Gasteiger charge is -2.21. The van der Waals surface area contributed by atoms with Gasteiger partial charge in [0.1, 0.15) is 23.1 Å². The number of aryl methyl sites for hydroxylation is 1. The largest absolute Gasteiger partial charge is 0.383 e. The minimum absolute atomic E-state index is 0.302. The SMILES string of the molecule is COCCN1CC(NC(=O)Nc2c(C)c(-c3cnn(C)c3)nn2-c2ccccc2)C(c2cc(F)cc(F)c2)C1. The van der Waals surface area contributed by atoms with E-state index in [1.54, 1.807) is 22.7 Å². The van der Waals surface area contributed by atoms with Crippen molar-refractivity contribution in [2.45, 2.75) is 18.9 Å². The van der Waals surface area contributed by atoms with Crippen LogP contribution < -0.4 is 10.6 Å². The van der Waals surface area contributed by atoms with Crippen molar-refractivity contribution in [3.8, 4) is 16.9 Å². The van der Waals surface area contributed by atoms with Gasteiger partial charge in [-0.1, -0.05) is 18.2 Å². The molecule has 2 N–H and O–H groups in total. The lowest BCUT2D eigenvalue weighted by atomic mass is 9.94. The molecule has 0 saturated carbocycles. The Bertz CT molecular complexity index is 1430. The fourth-order valence-corrected chi connectivity index (χ4v) is 5.09. The van der Waals surface area contributed by atoms with Crippen molar-refractivity contribution in [3.05, 3.63) is 83.7 Å². The zero-order chi connectivity index (χ0) is 27.5. The average Bonchev–Trinajstić information content (AvgIpc) is 3.60. The first kappa shape index (κ1) is 26.5. The van der Waals surface area contributed by atoms with Crippen LogP contribution in [0.25, 0.3) is 16.9 Å². The fraction of sp³-hybridized carbons (Fsp3) is 0.321. The minimum Gasteiger partial charge on any atom is -0.383 e. The van der Waals surface area contributed by atoms with Gasteiger partial charge in [0.15, 0.2) is 0 Å². The third-order valence-corrected chi connectivity index (χ3v) is 6.97. The predicted octanol–water partition coefficient (Wildman–Crippen LogP) is 4.10. The number of rotatable bonds is 8. The number of carbonyl (C=O) groups excluding carboxylic acids is 1. The minimum atomic E-state index is -0.645. The number of benzene rings is 2. The lowest BCUT2D eigenvalue weighted by molar-refractivity contribution is 0.159. The summed E-state index contributed by atoms with van der Waals surface area (Å²) >= 11 is 0. The van der Waals surface area contributed by atoms with Crippen molar-refractivity contribution in [2.24, 2.45) is 7.05 Å². The second-order valence-corrected chi connectivity index (χ2v) is 9.74. The monoisotopic (exact) mass is 535 g/mol. The van der Waals surface area contributed by atoms with Gasteiger partial charge >= 0.3 is 6.03 Å². The predicted molar refractivity (Wildman–Crippen MR) is 144 cm³/mol. The zero-order valence-electron chi connectivity index (χ0n) is 22.1. The molecule has 1 aliphatic rings. The Morgan fingerprint density at radius 3 is 2.54 bits per heavy atom. The maximum absolute atomic E-state index is 14.1. The van der Waals surface area contributed by atoms with Gasteiger partial charge < -0.3 is 10.1 Å². The molecule has 5 rings (SSSR count). The van der Waals surface area contributed by atoms with Crippen molar-refractivity contribution in [1.82, 2.24) is 29.8 Å². The smallest absolute Gasteiger partial charge is 0.320 e. The molecule has 3 heterocycles. The highest BCUT2D eigenvalue weighted by molar-refractivity contribution is 5.91. The highest BCUT2D eigenvalue weighted by Crippen LogP contribution is 2.31. The Morgan fingerprint density at radius 1 is 1.13 bits per heavy atom. The van der Waals surface area contributed by atoms with Gasteiger partial charge in [0, 0.05) is 63.1 Å². The number of nitrogens with one attached hydrogen (secondary N) is 2. The first-order valence-corrected chi connectivity index (χ1v) is 12.7. The Hall–Kier alpha value is -4.09. The van der Waals surface area contributed by atoms with Gasteiger partial charge in [-0.25, -0.2) is 18.3 Å². The van der Waals surface area contributed by atoms with Crippen molar-refractivity contribution in [1.29, 1.82) is 0 Å². The van der Waals surface area contributed by atoms with E-state index in [9.17, 15) is 13.6 Å². The molecule has 1 aliphatic heterocycles. The number of likely N-dealkylation sites (tertiary alicyclic amines) is 1. The molecule has 204 valence electrons. The van der Waals surface area contributed by atoms with Crippen molar-refractivity contribution >= 4 is 11.8 Å². The van der Waals surface area contributed by atoms with E-state index >= 15 is 0 Å². The van der Waals surface area contributed by atoms with Crippen LogP contribution in [0.15, 0.2) is 60.9 Å². The number of hydrogen-bond donors (Lipinski definition) is 2. The maximum atomic E-state index is 14.1. The molecule has 11 heteroatoms. The molecule has 0 spiro atoms. The third-order valence-electron chi connectivity index (χ3n) is 6.97. The molecule has 2 aromatic carbocycles. The summed E-state index contributed by atoms with van der Waals surface area (Å²) < 4.78 is 36.7. The number of amides is 2. The van der Waals surface area contributed by atoms with Crippen LogP contribution in [0.2, 0.25) is 0 Å². The summed E-state index contributed by atoms with van der Waals surface area (Å²) in [7, 11) is 3.45. The average molecular weight is 536 g/mol. The topological polar surface area (TPSA) is 89.2 Å². The molecule has 2 atom stereocenters. The van der Waals surface area contributed by atoms with E-state index in [1.165, 1.54) is 12.1 Å². The van der Waals surface area contributed by atoms with Gasteiger partial charge in [0.05, 0.1) is 24.5 Å². The van der Waals surface area contributed by atoms with Crippen LogP contribution in [0.3, 0.4) is 0 Å². The highest BCUT2D eigenvalue weighted by atomic mass is 19.1. The number of hydrogen-bond acceptors (Lipinski definition) is 5. The van der Waals surface area contributed by atoms with E-state index in [4.69, 9.17) is 9.84 Å². The fourth-order valence-electron chi connectivity index (χ4n) is 5.09. The van der Waals surface area contributed by atoms with Crippen molar-refractivity contribution in [3.63, 3.8) is 0 Å². The number of carbonyl (C=O) groups is 1. The zero-order valence-corrected chi connectivity index (χ0v) is 22.1. The molecule has 39 heavy (non-hydrogen) atoms. The van der Waals surface area contributed by atoms with Crippen LogP contribution in [0.5, 0.6) is 0 Å². The molecule has 1 saturated heterocycles. The molecular weight excluding hydrogens is 504 g/mol. The molecule has 2 aromatic heterocycles. The van der Waals surface area contributed by atoms with Crippen molar-refractivity contribution in [2.75, 3.05) is 38.7 Å². The number of urea groups is 1. The number of methoxy groups -OCH3 is 1. The first-order valence-electron chi connectivity index (χ1n) is 12.7. The summed E-state index contributed by atoms with van der Waals surface area (Å²) in [6.45, 7) is 4.08. The maximum Gasteiger partial charge on any atom is 0.320 e. The van der Waals surface area contributed by atoms with Crippen LogP contribution in [0.4, 0.5) is 19.4 Å². The van der Waals surface area contributed by atoms with E-state index in [1.807, 2.05) is 50.5 Å². The molecule has 0 aliphatic carbocycles. The normalized spacial score (nSPS) is 17.5. The van der Waals surface area contributed by atoms with Gasteiger partial charge in [-0.05, 0) is 36.8 Å². The summed E-state index contributed by atoms with van der Waals surface area (Å²) in [5.41, 5.74) is 3.58. The van der Waals surface area contributed by atoms with E-state index in [-0.39, 0.29) is 12.0 Å². The first-order chi connectivity index (χ1) is 18.8. The molecule has 2 amide bonds. The molecule has 2 unspecified atom stereocenters. The summed E-state index contributed by atoms with van der Waals surface area (Å²) in [6, 6.07) is 12.2. The van der Waals surface area contributed by atoms with Gasteiger partial charge in [0.25, 0.3) is 0 Å². The van der Waals surface area contributed by atoms with Gasteiger partial charge in [-0.3, -0.25) is 14.9 Å². The lowest BCUT2D eigenvalue weighted by Crippen LogP contribution is -2.42. The second-order valence-electron chi connectivity index (χ2n) is 9.74. The van der Waals surface area contributed by atoms with Crippen LogP contribution >= 0.6 is 0 Å². The van der Waals surface area contributed by atoms with Crippen LogP contribution in [0.1, 0.15) is 17.0 Å². The quantitative estimate of drug-likeness (QED) is 0.355. The third kappa shape index (κ3) is 5.84. The van der Waals surface area contributed by atoms with Gasteiger partial charge in [-0.2, -0.15) is 10.2 Å². The highest BCUT2D eigenvalue weighted by Gasteiger charge is 2.35. The Labute approximate surface area is 225 Å². The van der Waals surface area contributed by atoms with E-state index < -0.39 is 17.7 Å². The number of para-hydroxylation sites is 1.